The number of amides is 1. The maximum Gasteiger partial charge on any atom is 0.217 e. The predicted octanol–water partition coefficient (Wildman–Crippen LogP) is 1.65. The van der Waals surface area contributed by atoms with Crippen molar-refractivity contribution in [3.63, 3.8) is 0 Å². The zero-order chi connectivity index (χ0) is 12.4. The number of anilines is 1. The van der Waals surface area contributed by atoms with E-state index in [2.05, 4.69) is 20.9 Å². The van der Waals surface area contributed by atoms with Crippen LogP contribution in [0.1, 0.15) is 12.8 Å². The number of nitrogen functional groups attached to an aromatic ring is 1. The molecule has 2 aromatic rings. The first-order valence-electron chi connectivity index (χ1n) is 5.27. The summed E-state index contributed by atoms with van der Waals surface area (Å²) in [5.41, 5.74) is 12.8. The van der Waals surface area contributed by atoms with E-state index in [1.807, 2.05) is 22.8 Å². The van der Waals surface area contributed by atoms with Gasteiger partial charge in [-0.15, -0.1) is 0 Å². The highest BCUT2D eigenvalue weighted by Gasteiger charge is 2.08. The molecular formula is C11H13BrN4O. The van der Waals surface area contributed by atoms with Crippen molar-refractivity contribution in [2.75, 3.05) is 5.73 Å². The van der Waals surface area contributed by atoms with Crippen molar-refractivity contribution in [1.29, 1.82) is 0 Å². The van der Waals surface area contributed by atoms with Crippen LogP contribution in [0.4, 0.5) is 5.95 Å². The Morgan fingerprint density at radius 3 is 2.94 bits per heavy atom. The van der Waals surface area contributed by atoms with Crippen LogP contribution in [0.15, 0.2) is 22.7 Å². The molecule has 0 unspecified atom stereocenters. The number of carbonyl (C=O) groups excluding carboxylic acids is 1. The number of aromatic nitrogens is 2. The van der Waals surface area contributed by atoms with Crippen LogP contribution in [0, 0.1) is 0 Å². The van der Waals surface area contributed by atoms with Crippen LogP contribution < -0.4 is 11.5 Å². The fourth-order valence-electron chi connectivity index (χ4n) is 1.76. The van der Waals surface area contributed by atoms with Gasteiger partial charge in [0.2, 0.25) is 11.9 Å². The van der Waals surface area contributed by atoms with Gasteiger partial charge in [0.1, 0.15) is 0 Å². The van der Waals surface area contributed by atoms with E-state index in [1.165, 1.54) is 0 Å². The number of hydrogen-bond acceptors (Lipinski definition) is 3. The number of halogens is 1. The van der Waals surface area contributed by atoms with E-state index in [4.69, 9.17) is 11.5 Å². The van der Waals surface area contributed by atoms with Gasteiger partial charge in [0.15, 0.2) is 0 Å². The fourth-order valence-corrected chi connectivity index (χ4v) is 2.11. The zero-order valence-electron chi connectivity index (χ0n) is 9.19. The first-order valence-corrected chi connectivity index (χ1v) is 6.07. The molecular weight excluding hydrogens is 284 g/mol. The third kappa shape index (κ3) is 2.58. The largest absolute Gasteiger partial charge is 0.370 e. The van der Waals surface area contributed by atoms with Gasteiger partial charge in [-0.25, -0.2) is 4.98 Å². The Labute approximate surface area is 107 Å². The summed E-state index contributed by atoms with van der Waals surface area (Å²) in [4.78, 5) is 14.9. The van der Waals surface area contributed by atoms with Crippen molar-refractivity contribution in [3.8, 4) is 0 Å². The van der Waals surface area contributed by atoms with E-state index in [9.17, 15) is 4.79 Å². The lowest BCUT2D eigenvalue weighted by atomic mass is 10.3. The maximum absolute atomic E-state index is 10.7. The second-order valence-electron chi connectivity index (χ2n) is 3.82. The number of rotatable bonds is 4. The standard InChI is InChI=1S/C11H13BrN4O/c12-7-3-4-8-9(6-7)16(11(14)15-8)5-1-2-10(13)17/h3-4,6H,1-2,5H2,(H2,13,17)(H2,14,15). The summed E-state index contributed by atoms with van der Waals surface area (Å²) >= 11 is 3.41. The minimum absolute atomic E-state index is 0.297. The summed E-state index contributed by atoms with van der Waals surface area (Å²) < 4.78 is 2.87. The quantitative estimate of drug-likeness (QED) is 0.899. The van der Waals surface area contributed by atoms with Crippen molar-refractivity contribution < 1.29 is 4.79 Å². The molecule has 0 saturated carbocycles. The van der Waals surface area contributed by atoms with Gasteiger partial charge in [-0.2, -0.15) is 0 Å². The van der Waals surface area contributed by atoms with Crippen LogP contribution in [0.3, 0.4) is 0 Å². The number of hydrogen-bond donors (Lipinski definition) is 2. The molecule has 0 bridgehead atoms. The summed E-state index contributed by atoms with van der Waals surface area (Å²) in [7, 11) is 0. The predicted molar refractivity (Wildman–Crippen MR) is 70.3 cm³/mol. The van der Waals surface area contributed by atoms with Gasteiger partial charge in [-0.05, 0) is 24.6 Å². The Hall–Kier alpha value is -1.56. The molecule has 17 heavy (non-hydrogen) atoms. The Kier molecular flexibility index (Phi) is 3.33. The normalized spacial score (nSPS) is 10.9. The highest BCUT2D eigenvalue weighted by atomic mass is 79.9. The number of benzene rings is 1. The van der Waals surface area contributed by atoms with Gasteiger partial charge in [0.25, 0.3) is 0 Å². The van der Waals surface area contributed by atoms with E-state index in [0.717, 1.165) is 15.5 Å². The second-order valence-corrected chi connectivity index (χ2v) is 4.74. The number of fused-ring (bicyclic) bond motifs is 1. The van der Waals surface area contributed by atoms with Gasteiger partial charge in [-0.1, -0.05) is 15.9 Å². The highest BCUT2D eigenvalue weighted by Crippen LogP contribution is 2.22. The lowest BCUT2D eigenvalue weighted by molar-refractivity contribution is -0.118. The number of nitrogens with zero attached hydrogens (tertiary/aromatic N) is 2. The molecule has 1 aromatic heterocycles. The fraction of sp³-hybridized carbons (Fsp3) is 0.273. The molecule has 0 fully saturated rings. The van der Waals surface area contributed by atoms with Crippen LogP contribution in [-0.2, 0) is 11.3 Å². The van der Waals surface area contributed by atoms with E-state index in [-0.39, 0.29) is 5.91 Å². The molecule has 0 aliphatic heterocycles. The van der Waals surface area contributed by atoms with Gasteiger partial charge >= 0.3 is 0 Å². The molecule has 1 heterocycles. The third-order valence-corrected chi connectivity index (χ3v) is 3.04. The monoisotopic (exact) mass is 296 g/mol. The average Bonchev–Trinajstić information content (AvgIpc) is 2.55. The van der Waals surface area contributed by atoms with Crippen molar-refractivity contribution in [2.45, 2.75) is 19.4 Å². The highest BCUT2D eigenvalue weighted by molar-refractivity contribution is 9.10. The van der Waals surface area contributed by atoms with Gasteiger partial charge < -0.3 is 16.0 Å². The average molecular weight is 297 g/mol. The van der Waals surface area contributed by atoms with Crippen LogP contribution in [0.2, 0.25) is 0 Å². The van der Waals surface area contributed by atoms with Crippen molar-refractivity contribution in [3.05, 3.63) is 22.7 Å². The lowest BCUT2D eigenvalue weighted by Crippen LogP contribution is -2.12. The summed E-state index contributed by atoms with van der Waals surface area (Å²) in [5, 5.41) is 0. The van der Waals surface area contributed by atoms with Crippen LogP contribution in [-0.4, -0.2) is 15.5 Å². The van der Waals surface area contributed by atoms with Crippen LogP contribution >= 0.6 is 15.9 Å². The molecule has 0 saturated heterocycles. The molecule has 0 radical (unpaired) electrons. The molecule has 2 rings (SSSR count). The first-order chi connectivity index (χ1) is 8.08. The van der Waals surface area contributed by atoms with Crippen molar-refractivity contribution in [2.24, 2.45) is 5.73 Å². The maximum atomic E-state index is 10.7. The first kappa shape index (κ1) is 11.9. The van der Waals surface area contributed by atoms with E-state index < -0.39 is 0 Å². The van der Waals surface area contributed by atoms with E-state index in [0.29, 0.717) is 25.3 Å². The molecule has 90 valence electrons. The molecule has 5 nitrogen and oxygen atoms in total. The van der Waals surface area contributed by atoms with Gasteiger partial charge in [0, 0.05) is 17.4 Å². The summed E-state index contributed by atoms with van der Waals surface area (Å²) in [5.74, 6) is 0.164. The number of imidazole rings is 1. The molecule has 0 aliphatic rings. The van der Waals surface area contributed by atoms with Crippen LogP contribution in [0.25, 0.3) is 11.0 Å². The van der Waals surface area contributed by atoms with Gasteiger partial charge in [0.05, 0.1) is 11.0 Å². The minimum Gasteiger partial charge on any atom is -0.370 e. The lowest BCUT2D eigenvalue weighted by Gasteiger charge is -2.05. The molecule has 0 atom stereocenters. The molecule has 0 spiro atoms. The SMILES string of the molecule is NC(=O)CCCn1c(N)nc2ccc(Br)cc21. The topological polar surface area (TPSA) is 86.9 Å². The van der Waals surface area contributed by atoms with Gasteiger partial charge in [-0.3, -0.25) is 4.79 Å². The number of primary amides is 1. The molecule has 1 aromatic carbocycles. The zero-order valence-corrected chi connectivity index (χ0v) is 10.8. The van der Waals surface area contributed by atoms with Crippen LogP contribution in [0.5, 0.6) is 0 Å². The summed E-state index contributed by atoms with van der Waals surface area (Å²) in [6.07, 6.45) is 1.02. The Bertz CT molecular complexity index is 564. The van der Waals surface area contributed by atoms with Crippen molar-refractivity contribution >= 4 is 38.8 Å². The Morgan fingerprint density at radius 2 is 2.24 bits per heavy atom. The summed E-state index contributed by atoms with van der Waals surface area (Å²) in [6, 6.07) is 5.78. The summed E-state index contributed by atoms with van der Waals surface area (Å²) in [6.45, 7) is 0.641. The number of carbonyl (C=O) groups is 1. The molecule has 4 N–H and O–H groups in total. The van der Waals surface area contributed by atoms with E-state index in [1.54, 1.807) is 0 Å². The number of aryl methyl sites for hydroxylation is 1. The molecule has 6 heteroatoms. The third-order valence-electron chi connectivity index (χ3n) is 2.54. The van der Waals surface area contributed by atoms with Crippen molar-refractivity contribution in [1.82, 2.24) is 9.55 Å². The Balaban J connectivity index is 2.28. The smallest absolute Gasteiger partial charge is 0.217 e. The number of nitrogens with two attached hydrogens (primary N) is 2. The van der Waals surface area contributed by atoms with E-state index >= 15 is 0 Å². The second kappa shape index (κ2) is 4.75. The molecule has 0 aliphatic carbocycles. The Morgan fingerprint density at radius 1 is 1.47 bits per heavy atom. The molecule has 1 amide bonds. The minimum atomic E-state index is -0.297.